The fourth-order valence-electron chi connectivity index (χ4n) is 3.31. The summed E-state index contributed by atoms with van der Waals surface area (Å²) < 4.78 is 5.98. The van der Waals surface area contributed by atoms with Crippen LogP contribution in [0.25, 0.3) is 0 Å². The number of carboxylic acids is 1. The Hall–Kier alpha value is -3.45. The Kier molecular flexibility index (Phi) is 4.90. The summed E-state index contributed by atoms with van der Waals surface area (Å²) in [4.78, 5) is 38.6. The van der Waals surface area contributed by atoms with Gasteiger partial charge in [-0.2, -0.15) is 0 Å². The van der Waals surface area contributed by atoms with Gasteiger partial charge in [-0.05, 0) is 24.6 Å². The number of ether oxygens (including phenoxy) is 1. The summed E-state index contributed by atoms with van der Waals surface area (Å²) >= 11 is 1.12. The molecule has 29 heavy (non-hydrogen) atoms. The molecule has 0 spiro atoms. The molecule has 0 fully saturated rings. The van der Waals surface area contributed by atoms with Gasteiger partial charge in [0.05, 0.1) is 23.2 Å². The van der Waals surface area contributed by atoms with E-state index in [0.717, 1.165) is 21.8 Å². The van der Waals surface area contributed by atoms with E-state index in [1.54, 1.807) is 24.3 Å². The minimum atomic E-state index is -1.18. The number of aromatic carboxylic acids is 1. The first-order valence-electron chi connectivity index (χ1n) is 8.98. The van der Waals surface area contributed by atoms with Crippen molar-refractivity contribution in [2.45, 2.75) is 19.4 Å². The highest BCUT2D eigenvalue weighted by atomic mass is 32.1. The molecular weight excluding hydrogens is 390 g/mol. The molecule has 0 radical (unpaired) electrons. The van der Waals surface area contributed by atoms with E-state index in [4.69, 9.17) is 4.74 Å². The summed E-state index contributed by atoms with van der Waals surface area (Å²) in [7, 11) is 0. The van der Waals surface area contributed by atoms with Gasteiger partial charge in [0.25, 0.3) is 5.91 Å². The van der Waals surface area contributed by atoms with Gasteiger partial charge in [0.15, 0.2) is 0 Å². The van der Waals surface area contributed by atoms with Crippen molar-refractivity contribution >= 4 is 34.8 Å². The van der Waals surface area contributed by atoms with Gasteiger partial charge in [0, 0.05) is 16.3 Å². The van der Waals surface area contributed by atoms with Crippen molar-refractivity contribution < 1.29 is 24.2 Å². The Balaban J connectivity index is 1.64. The van der Waals surface area contributed by atoms with Crippen molar-refractivity contribution in [2.75, 3.05) is 4.90 Å². The number of fused-ring (bicyclic) bond motifs is 1. The van der Waals surface area contributed by atoms with Crippen LogP contribution in [-0.2, 0) is 11.2 Å². The molecule has 1 aliphatic heterocycles. The van der Waals surface area contributed by atoms with Gasteiger partial charge in [0.1, 0.15) is 11.9 Å². The van der Waals surface area contributed by atoms with E-state index in [1.165, 1.54) is 5.38 Å². The molecule has 6 nitrogen and oxygen atoms in total. The van der Waals surface area contributed by atoms with E-state index in [0.29, 0.717) is 16.3 Å². The highest BCUT2D eigenvalue weighted by Gasteiger charge is 2.37. The average molecular weight is 407 g/mol. The monoisotopic (exact) mass is 407 g/mol. The maximum Gasteiger partial charge on any atom is 0.337 e. The van der Waals surface area contributed by atoms with Gasteiger partial charge in [-0.15, -0.1) is 11.3 Å². The predicted molar refractivity (Wildman–Crippen MR) is 109 cm³/mol. The third-order valence-corrected chi connectivity index (χ3v) is 5.72. The summed E-state index contributed by atoms with van der Waals surface area (Å²) in [6.45, 7) is 1.91. The van der Waals surface area contributed by atoms with Crippen LogP contribution in [0.1, 0.15) is 44.2 Å². The Morgan fingerprint density at radius 1 is 1.14 bits per heavy atom. The van der Waals surface area contributed by atoms with Crippen molar-refractivity contribution in [1.29, 1.82) is 0 Å². The van der Waals surface area contributed by atoms with Crippen LogP contribution in [0.3, 0.4) is 0 Å². The first-order chi connectivity index (χ1) is 14.0. The van der Waals surface area contributed by atoms with Crippen molar-refractivity contribution in [3.63, 3.8) is 0 Å². The number of anilines is 1. The molecule has 2 aromatic carbocycles. The van der Waals surface area contributed by atoms with Crippen molar-refractivity contribution in [3.8, 4) is 5.75 Å². The van der Waals surface area contributed by atoms with Crippen LogP contribution in [0.4, 0.5) is 5.69 Å². The molecule has 4 rings (SSSR count). The van der Waals surface area contributed by atoms with Crippen LogP contribution in [0, 0.1) is 0 Å². The van der Waals surface area contributed by atoms with Crippen LogP contribution in [-0.4, -0.2) is 22.9 Å². The number of hydrogen-bond acceptors (Lipinski definition) is 5. The van der Waals surface area contributed by atoms with Gasteiger partial charge in [0.2, 0.25) is 5.91 Å². The molecule has 1 unspecified atom stereocenters. The van der Waals surface area contributed by atoms with Gasteiger partial charge < -0.3 is 9.84 Å². The Morgan fingerprint density at radius 3 is 2.62 bits per heavy atom. The highest BCUT2D eigenvalue weighted by Crippen LogP contribution is 2.33. The molecule has 2 amide bonds. The third-order valence-electron chi connectivity index (χ3n) is 4.73. The largest absolute Gasteiger partial charge is 0.486 e. The number of carbonyl (C=O) groups is 3. The van der Waals surface area contributed by atoms with E-state index in [-0.39, 0.29) is 23.7 Å². The number of carboxylic acid groups (broad SMARTS) is 1. The van der Waals surface area contributed by atoms with E-state index in [1.807, 2.05) is 37.3 Å². The fourth-order valence-corrected chi connectivity index (χ4v) is 4.32. The quantitative estimate of drug-likeness (QED) is 0.637. The minimum Gasteiger partial charge on any atom is -0.486 e. The number of hydrogen-bond donors (Lipinski definition) is 1. The second-order valence-electron chi connectivity index (χ2n) is 6.63. The molecule has 0 bridgehead atoms. The topological polar surface area (TPSA) is 83.9 Å². The zero-order chi connectivity index (χ0) is 20.5. The van der Waals surface area contributed by atoms with Crippen molar-refractivity contribution in [2.24, 2.45) is 0 Å². The standard InChI is InChI=1S/C22H17NO5S/c1-13(14-6-3-2-4-7-14)28-16-9-5-8-15(10-16)23-19(24)11-18-20(21(23)25)17(12-29-18)22(26)27/h2-10,12-13H,11H2,1H3,(H,26,27). The van der Waals surface area contributed by atoms with Gasteiger partial charge in [-0.1, -0.05) is 36.4 Å². The second kappa shape index (κ2) is 7.52. The third kappa shape index (κ3) is 3.52. The predicted octanol–water partition coefficient (Wildman–Crippen LogP) is 4.32. The van der Waals surface area contributed by atoms with Crippen molar-refractivity contribution in [1.82, 2.24) is 0 Å². The van der Waals surface area contributed by atoms with Crippen LogP contribution in [0.5, 0.6) is 5.75 Å². The lowest BCUT2D eigenvalue weighted by Gasteiger charge is -2.26. The first-order valence-corrected chi connectivity index (χ1v) is 9.86. The molecule has 0 saturated heterocycles. The molecule has 0 saturated carbocycles. The molecule has 2 heterocycles. The molecule has 0 aliphatic carbocycles. The summed E-state index contributed by atoms with van der Waals surface area (Å²) in [6.07, 6.45) is -0.230. The van der Waals surface area contributed by atoms with Crippen LogP contribution in [0.2, 0.25) is 0 Å². The lowest BCUT2D eigenvalue weighted by molar-refractivity contribution is -0.117. The maximum absolute atomic E-state index is 13.0. The average Bonchev–Trinajstić information content (AvgIpc) is 3.13. The number of amides is 2. The molecule has 7 heteroatoms. The number of thiophene rings is 1. The molecule has 146 valence electrons. The summed E-state index contributed by atoms with van der Waals surface area (Å²) in [5.74, 6) is -1.69. The number of imide groups is 1. The zero-order valence-corrected chi connectivity index (χ0v) is 16.3. The van der Waals surface area contributed by atoms with Crippen LogP contribution in [0.15, 0.2) is 60.0 Å². The number of benzene rings is 2. The van der Waals surface area contributed by atoms with Crippen molar-refractivity contribution in [3.05, 3.63) is 81.5 Å². The lowest BCUT2D eigenvalue weighted by atomic mass is 10.0. The van der Waals surface area contributed by atoms with E-state index in [2.05, 4.69) is 0 Å². The molecular formula is C22H17NO5S. The molecule has 1 atom stereocenters. The van der Waals surface area contributed by atoms with Crippen LogP contribution < -0.4 is 9.64 Å². The Morgan fingerprint density at radius 2 is 1.90 bits per heavy atom. The smallest absolute Gasteiger partial charge is 0.337 e. The maximum atomic E-state index is 13.0. The van der Waals surface area contributed by atoms with Gasteiger partial charge in [-0.3, -0.25) is 9.59 Å². The second-order valence-corrected chi connectivity index (χ2v) is 7.60. The normalized spacial score (nSPS) is 14.4. The lowest BCUT2D eigenvalue weighted by Crippen LogP contribution is -2.42. The number of carbonyl (C=O) groups excluding carboxylic acids is 2. The summed E-state index contributed by atoms with van der Waals surface area (Å²) in [6, 6.07) is 16.4. The SMILES string of the molecule is CC(Oc1cccc(N2C(=O)Cc3scc(C(=O)O)c3C2=O)c1)c1ccccc1. The Bertz CT molecular complexity index is 1110. The number of rotatable bonds is 5. The Labute approximate surface area is 171 Å². The van der Waals surface area contributed by atoms with Crippen LogP contribution >= 0.6 is 11.3 Å². The summed E-state index contributed by atoms with van der Waals surface area (Å²) in [5.41, 5.74) is 1.37. The molecule has 1 N–H and O–H groups in total. The minimum absolute atomic E-state index is 0.00940. The van der Waals surface area contributed by atoms with E-state index >= 15 is 0 Å². The van der Waals surface area contributed by atoms with E-state index in [9.17, 15) is 19.5 Å². The summed E-state index contributed by atoms with van der Waals surface area (Å²) in [5, 5.41) is 10.8. The van der Waals surface area contributed by atoms with E-state index < -0.39 is 17.8 Å². The molecule has 1 aromatic heterocycles. The first kappa shape index (κ1) is 18.9. The van der Waals surface area contributed by atoms with Gasteiger partial charge in [-0.25, -0.2) is 9.69 Å². The number of nitrogens with zero attached hydrogens (tertiary/aromatic N) is 1. The van der Waals surface area contributed by atoms with Gasteiger partial charge >= 0.3 is 5.97 Å². The highest BCUT2D eigenvalue weighted by molar-refractivity contribution is 7.11. The molecule has 1 aliphatic rings. The molecule has 3 aromatic rings. The fraction of sp³-hybridized carbons (Fsp3) is 0.136. The zero-order valence-electron chi connectivity index (χ0n) is 15.5.